The van der Waals surface area contributed by atoms with Crippen LogP contribution in [0, 0.1) is 11.8 Å². The molecule has 0 aliphatic carbocycles. The topological polar surface area (TPSA) is 40.5 Å². The van der Waals surface area contributed by atoms with E-state index in [-0.39, 0.29) is 34.0 Å². The Morgan fingerprint density at radius 1 is 0.500 bits per heavy atom. The lowest BCUT2D eigenvalue weighted by molar-refractivity contribution is -0.929. The van der Waals surface area contributed by atoms with Crippen LogP contribution >= 0.6 is 0 Å². The molecule has 4 aliphatic rings. The van der Waals surface area contributed by atoms with Crippen molar-refractivity contribution in [2.24, 2.45) is 11.8 Å². The van der Waals surface area contributed by atoms with Crippen LogP contribution in [0.25, 0.3) is 0 Å². The Balaban J connectivity index is 0.00000181. The number of quaternary nitrogens is 2. The zero-order valence-electron chi connectivity index (χ0n) is 20.4. The largest absolute Gasteiger partial charge is 1.00 e. The van der Waals surface area contributed by atoms with Gasteiger partial charge in [0.25, 0.3) is 0 Å². The van der Waals surface area contributed by atoms with E-state index < -0.39 is 0 Å². The first-order valence-electron chi connectivity index (χ1n) is 13.7. The molecule has 190 valence electrons. The molecule has 0 aromatic rings. The summed E-state index contributed by atoms with van der Waals surface area (Å²) < 4.78 is 2.73. The van der Waals surface area contributed by atoms with E-state index in [0.29, 0.717) is 25.0 Å². The van der Waals surface area contributed by atoms with E-state index in [4.69, 9.17) is 0 Å². The van der Waals surface area contributed by atoms with Crippen LogP contribution in [0.1, 0.15) is 89.9 Å². The molecule has 6 atom stereocenters. The number of aliphatic hydroxyl groups is 2. The Hall–Kier alpha value is 0.800. The molecule has 0 spiro atoms. The number of hydrogen-bond donors (Lipinski definition) is 2. The number of aliphatic hydroxyl groups excluding tert-OH is 2. The molecule has 0 saturated carbocycles. The van der Waals surface area contributed by atoms with Gasteiger partial charge in [-0.3, -0.25) is 0 Å². The van der Waals surface area contributed by atoms with Gasteiger partial charge in [0.05, 0.1) is 64.6 Å². The number of unbranched alkanes of at least 4 members (excludes halogenated alkanes) is 7. The van der Waals surface area contributed by atoms with Crippen LogP contribution < -0.4 is 34.0 Å². The monoisotopic (exact) mass is 580 g/mol. The van der Waals surface area contributed by atoms with Crippen molar-refractivity contribution in [1.29, 1.82) is 0 Å². The van der Waals surface area contributed by atoms with Crippen LogP contribution in [-0.4, -0.2) is 83.7 Å². The van der Waals surface area contributed by atoms with Crippen molar-refractivity contribution >= 4 is 0 Å². The van der Waals surface area contributed by atoms with Crippen LogP contribution in [0.2, 0.25) is 0 Å². The maximum atomic E-state index is 9.67. The van der Waals surface area contributed by atoms with Gasteiger partial charge >= 0.3 is 0 Å². The standard InChI is InChI=1S/C26H50N2O2.2BrH/c29-21-23-13-19-27(17-9-11-25(23)27)15-7-5-3-1-2-4-6-8-16-28-18-10-12-26(28)24(22-30)14-20-28;;/h23-26,29-30H,1-22H2;2*1H/q+2;;/p-2/t23-,24-,25+,26+,27?,28?;;/m0../s1. The zero-order chi connectivity index (χ0) is 20.9. The molecule has 2 N–H and O–H groups in total. The zero-order valence-corrected chi connectivity index (χ0v) is 23.6. The van der Waals surface area contributed by atoms with Crippen molar-refractivity contribution in [3.63, 3.8) is 0 Å². The molecule has 0 amide bonds. The van der Waals surface area contributed by atoms with E-state index in [1.54, 1.807) is 0 Å². The van der Waals surface area contributed by atoms with E-state index in [2.05, 4.69) is 0 Å². The molecule has 4 saturated heterocycles. The van der Waals surface area contributed by atoms with Gasteiger partial charge in [0.15, 0.2) is 0 Å². The van der Waals surface area contributed by atoms with Crippen molar-refractivity contribution in [3.8, 4) is 0 Å². The van der Waals surface area contributed by atoms with Crippen LogP contribution in [0.15, 0.2) is 0 Å². The molecule has 4 aliphatic heterocycles. The highest BCUT2D eigenvalue weighted by Crippen LogP contribution is 2.41. The maximum Gasteiger partial charge on any atom is 0.0945 e. The fourth-order valence-corrected chi connectivity index (χ4v) is 8.38. The normalized spacial score (nSPS) is 37.7. The van der Waals surface area contributed by atoms with Gasteiger partial charge in [0, 0.05) is 50.4 Å². The summed E-state index contributed by atoms with van der Waals surface area (Å²) in [5.74, 6) is 1.20. The van der Waals surface area contributed by atoms with Crippen LogP contribution in [0.5, 0.6) is 0 Å². The summed E-state index contributed by atoms with van der Waals surface area (Å²) in [7, 11) is 0. The number of nitrogens with zero attached hydrogens (tertiary/aromatic N) is 2. The lowest BCUT2D eigenvalue weighted by Gasteiger charge is -2.36. The lowest BCUT2D eigenvalue weighted by Crippen LogP contribution is -3.00. The third-order valence-corrected chi connectivity index (χ3v) is 10.0. The number of hydrogen-bond acceptors (Lipinski definition) is 2. The van der Waals surface area contributed by atoms with Crippen molar-refractivity contribution in [2.45, 2.75) is 102 Å². The smallest absolute Gasteiger partial charge is 0.0945 e. The van der Waals surface area contributed by atoms with Crippen molar-refractivity contribution in [1.82, 2.24) is 0 Å². The van der Waals surface area contributed by atoms with Gasteiger partial charge in [-0.1, -0.05) is 25.7 Å². The molecule has 4 rings (SSSR count). The second kappa shape index (κ2) is 13.8. The molecular formula is C26H50Br2N2O2. The van der Waals surface area contributed by atoms with Crippen molar-refractivity contribution < 1.29 is 53.1 Å². The van der Waals surface area contributed by atoms with Crippen molar-refractivity contribution in [3.05, 3.63) is 0 Å². The second-order valence-corrected chi connectivity index (χ2v) is 11.5. The summed E-state index contributed by atoms with van der Waals surface area (Å²) in [5, 5.41) is 19.3. The molecule has 32 heavy (non-hydrogen) atoms. The van der Waals surface area contributed by atoms with Crippen LogP contribution in [0.4, 0.5) is 0 Å². The summed E-state index contributed by atoms with van der Waals surface area (Å²) in [5.41, 5.74) is 0. The molecular weight excluding hydrogens is 532 g/mol. The van der Waals surface area contributed by atoms with E-state index in [9.17, 15) is 10.2 Å². The molecule has 4 nitrogen and oxygen atoms in total. The van der Waals surface area contributed by atoms with Crippen LogP contribution in [0.3, 0.4) is 0 Å². The van der Waals surface area contributed by atoms with Gasteiger partial charge in [0.1, 0.15) is 0 Å². The minimum atomic E-state index is 0. The molecule has 0 radical (unpaired) electrons. The highest BCUT2D eigenvalue weighted by molar-refractivity contribution is 4.83. The van der Waals surface area contributed by atoms with Gasteiger partial charge in [-0.2, -0.15) is 0 Å². The minimum absolute atomic E-state index is 0. The number of rotatable bonds is 13. The summed E-state index contributed by atoms with van der Waals surface area (Å²) in [6.45, 7) is 9.09. The molecule has 2 unspecified atom stereocenters. The maximum absolute atomic E-state index is 9.67. The van der Waals surface area contributed by atoms with Gasteiger partial charge in [-0.05, 0) is 25.7 Å². The van der Waals surface area contributed by atoms with Gasteiger partial charge in [0.2, 0.25) is 0 Å². The first-order chi connectivity index (χ1) is 14.7. The Morgan fingerprint density at radius 2 is 0.875 bits per heavy atom. The highest BCUT2D eigenvalue weighted by atomic mass is 79.9. The second-order valence-electron chi connectivity index (χ2n) is 11.5. The summed E-state index contributed by atoms with van der Waals surface area (Å²) >= 11 is 0. The minimum Gasteiger partial charge on any atom is -1.00 e. The molecule has 4 heterocycles. The summed E-state index contributed by atoms with van der Waals surface area (Å²) in [4.78, 5) is 0. The fourth-order valence-electron chi connectivity index (χ4n) is 8.38. The summed E-state index contributed by atoms with van der Waals surface area (Å²) in [6, 6.07) is 1.58. The average Bonchev–Trinajstić information content (AvgIpc) is 3.49. The van der Waals surface area contributed by atoms with E-state index in [1.807, 2.05) is 0 Å². The molecule has 4 fully saturated rings. The van der Waals surface area contributed by atoms with Crippen LogP contribution in [-0.2, 0) is 0 Å². The Bertz CT molecular complexity index is 494. The molecule has 0 aromatic carbocycles. The fraction of sp³-hybridized carbons (Fsp3) is 1.00. The number of halogens is 2. The van der Waals surface area contributed by atoms with E-state index in [0.717, 1.165) is 12.1 Å². The third kappa shape index (κ3) is 6.32. The molecule has 0 bridgehead atoms. The van der Waals surface area contributed by atoms with E-state index in [1.165, 1.54) is 138 Å². The lowest BCUT2D eigenvalue weighted by atomic mass is 9.99. The van der Waals surface area contributed by atoms with Gasteiger partial charge in [-0.25, -0.2) is 0 Å². The molecule has 6 heteroatoms. The Morgan fingerprint density at radius 3 is 1.25 bits per heavy atom. The summed E-state index contributed by atoms with van der Waals surface area (Å²) in [6.07, 6.45) is 19.4. The first-order valence-corrected chi connectivity index (χ1v) is 13.7. The third-order valence-electron chi connectivity index (χ3n) is 10.0. The van der Waals surface area contributed by atoms with Crippen molar-refractivity contribution in [2.75, 3.05) is 52.5 Å². The SMILES string of the molecule is OC[C@@H]1CC[N+]2(CCCCCCCCCC[N+]34CCC[C@@H]3[C@H](CO)CC4)CCC[C@H]12.[Br-].[Br-]. The molecule has 0 aromatic heterocycles. The van der Waals surface area contributed by atoms with E-state index >= 15 is 0 Å². The number of fused-ring (bicyclic) bond motifs is 2. The predicted octanol–water partition coefficient (Wildman–Crippen LogP) is -1.90. The average molecular weight is 583 g/mol. The quantitative estimate of drug-likeness (QED) is 0.197. The van der Waals surface area contributed by atoms with Gasteiger partial charge in [-0.15, -0.1) is 0 Å². The Kier molecular flexibility index (Phi) is 12.5. The Labute approximate surface area is 218 Å². The predicted molar refractivity (Wildman–Crippen MR) is 123 cm³/mol. The van der Waals surface area contributed by atoms with Gasteiger partial charge < -0.3 is 53.1 Å². The first kappa shape index (κ1) is 29.0. The highest BCUT2D eigenvalue weighted by Gasteiger charge is 2.51.